The third kappa shape index (κ3) is 3.65. The van der Waals surface area contributed by atoms with Gasteiger partial charge in [0.05, 0.1) is 0 Å². The highest BCUT2D eigenvalue weighted by Crippen LogP contribution is 2.24. The number of nitrogens with zero attached hydrogens (tertiary/aromatic N) is 1. The average Bonchev–Trinajstić information content (AvgIpc) is 2.50. The van der Waals surface area contributed by atoms with Gasteiger partial charge in [-0.25, -0.2) is 0 Å². The summed E-state index contributed by atoms with van der Waals surface area (Å²) in [5.41, 5.74) is 6.20. The Labute approximate surface area is 98.0 Å². The zero-order valence-corrected chi connectivity index (χ0v) is 10.5. The Balaban J connectivity index is 1.78. The van der Waals surface area contributed by atoms with Crippen LogP contribution < -0.4 is 5.73 Å². The molecule has 2 aliphatic rings. The largest absolute Gasteiger partial charge is 0.327 e. The van der Waals surface area contributed by atoms with Crippen molar-refractivity contribution in [3.63, 3.8) is 0 Å². The van der Waals surface area contributed by atoms with Crippen LogP contribution in [0, 0.1) is 5.92 Å². The van der Waals surface area contributed by atoms with E-state index >= 15 is 0 Å². The minimum Gasteiger partial charge on any atom is -0.327 e. The summed E-state index contributed by atoms with van der Waals surface area (Å²) in [6.45, 7) is 3.85. The van der Waals surface area contributed by atoms with Crippen LogP contribution in [0.1, 0.15) is 32.1 Å². The maximum absolute atomic E-state index is 6.20. The molecule has 0 aromatic carbocycles. The molecule has 1 saturated heterocycles. The van der Waals surface area contributed by atoms with Gasteiger partial charge in [0.15, 0.2) is 0 Å². The van der Waals surface area contributed by atoms with E-state index in [4.69, 9.17) is 5.73 Å². The summed E-state index contributed by atoms with van der Waals surface area (Å²) in [4.78, 5) is 2.65. The molecule has 0 radical (unpaired) electrons. The summed E-state index contributed by atoms with van der Waals surface area (Å²) in [6.07, 6.45) is 6.75. The van der Waals surface area contributed by atoms with E-state index in [1.165, 1.54) is 63.2 Å². The van der Waals surface area contributed by atoms with Crippen molar-refractivity contribution in [2.75, 3.05) is 31.1 Å². The van der Waals surface area contributed by atoms with Crippen molar-refractivity contribution in [1.29, 1.82) is 0 Å². The molecule has 2 atom stereocenters. The van der Waals surface area contributed by atoms with Crippen LogP contribution in [0.2, 0.25) is 0 Å². The molecule has 1 heterocycles. The van der Waals surface area contributed by atoms with E-state index in [2.05, 4.69) is 16.7 Å². The van der Waals surface area contributed by atoms with Crippen LogP contribution in [0.4, 0.5) is 0 Å². The third-order valence-electron chi connectivity index (χ3n) is 3.78. The molecule has 0 aromatic heterocycles. The van der Waals surface area contributed by atoms with Crippen LogP contribution in [0.5, 0.6) is 0 Å². The van der Waals surface area contributed by atoms with Crippen molar-refractivity contribution in [1.82, 2.24) is 4.90 Å². The molecule has 0 bridgehead atoms. The number of hydrogen-bond acceptors (Lipinski definition) is 3. The van der Waals surface area contributed by atoms with E-state index in [9.17, 15) is 0 Å². The molecule has 2 N–H and O–H groups in total. The van der Waals surface area contributed by atoms with Crippen molar-refractivity contribution in [2.45, 2.75) is 38.1 Å². The standard InChI is InChI=1S/C12H24N2S/c13-12-5-2-1-4-11(12)10-14-6-3-8-15-9-7-14/h11-12H,1-10,13H2. The second kappa shape index (κ2) is 6.12. The Kier molecular flexibility index (Phi) is 4.79. The zero-order valence-electron chi connectivity index (χ0n) is 9.66. The van der Waals surface area contributed by atoms with Crippen LogP contribution in [0.25, 0.3) is 0 Å². The minimum atomic E-state index is 0.481. The van der Waals surface area contributed by atoms with Gasteiger partial charge in [-0.15, -0.1) is 0 Å². The molecule has 2 fully saturated rings. The van der Waals surface area contributed by atoms with Crippen LogP contribution in [-0.2, 0) is 0 Å². The molecule has 1 aliphatic heterocycles. The van der Waals surface area contributed by atoms with Gasteiger partial charge in [-0.2, -0.15) is 11.8 Å². The van der Waals surface area contributed by atoms with Gasteiger partial charge >= 0.3 is 0 Å². The van der Waals surface area contributed by atoms with Crippen molar-refractivity contribution in [3.8, 4) is 0 Å². The van der Waals surface area contributed by atoms with E-state index in [1.54, 1.807) is 0 Å². The lowest BCUT2D eigenvalue weighted by Gasteiger charge is -2.33. The minimum absolute atomic E-state index is 0.481. The second-order valence-electron chi connectivity index (χ2n) is 4.97. The summed E-state index contributed by atoms with van der Waals surface area (Å²) < 4.78 is 0. The molecule has 0 aromatic rings. The van der Waals surface area contributed by atoms with Crippen LogP contribution in [0.15, 0.2) is 0 Å². The highest BCUT2D eigenvalue weighted by molar-refractivity contribution is 7.99. The summed E-state index contributed by atoms with van der Waals surface area (Å²) in [5, 5.41) is 0. The molecule has 3 heteroatoms. The molecular weight excluding hydrogens is 204 g/mol. The Hall–Kier alpha value is 0.270. The Bertz CT molecular complexity index is 178. The lowest BCUT2D eigenvalue weighted by atomic mass is 9.84. The summed E-state index contributed by atoms with van der Waals surface area (Å²) in [6, 6.07) is 0.481. The van der Waals surface area contributed by atoms with Gasteiger partial charge < -0.3 is 10.6 Å². The molecule has 2 unspecified atom stereocenters. The molecular formula is C12H24N2S. The van der Waals surface area contributed by atoms with Gasteiger partial charge in [-0.05, 0) is 37.5 Å². The SMILES string of the molecule is NC1CCCCC1CN1CCCSCC1. The summed E-state index contributed by atoms with van der Waals surface area (Å²) in [5.74, 6) is 3.46. The fourth-order valence-corrected chi connectivity index (χ4v) is 3.70. The quantitative estimate of drug-likeness (QED) is 0.783. The number of nitrogens with two attached hydrogens (primary N) is 1. The molecule has 0 amide bonds. The third-order valence-corrected chi connectivity index (χ3v) is 4.82. The van der Waals surface area contributed by atoms with Crippen molar-refractivity contribution < 1.29 is 0 Å². The van der Waals surface area contributed by atoms with Crippen LogP contribution >= 0.6 is 11.8 Å². The zero-order chi connectivity index (χ0) is 10.5. The highest BCUT2D eigenvalue weighted by Gasteiger charge is 2.24. The monoisotopic (exact) mass is 228 g/mol. The Morgan fingerprint density at radius 1 is 1.07 bits per heavy atom. The van der Waals surface area contributed by atoms with E-state index in [0.29, 0.717) is 6.04 Å². The van der Waals surface area contributed by atoms with Gasteiger partial charge in [0, 0.05) is 24.9 Å². The van der Waals surface area contributed by atoms with Crippen LogP contribution in [0.3, 0.4) is 0 Å². The lowest BCUT2D eigenvalue weighted by Crippen LogP contribution is -2.41. The van der Waals surface area contributed by atoms with Gasteiger partial charge in [-0.1, -0.05) is 12.8 Å². The summed E-state index contributed by atoms with van der Waals surface area (Å²) in [7, 11) is 0. The first-order chi connectivity index (χ1) is 7.36. The van der Waals surface area contributed by atoms with Crippen LogP contribution in [-0.4, -0.2) is 42.1 Å². The maximum atomic E-state index is 6.20. The smallest absolute Gasteiger partial charge is 0.00793 e. The van der Waals surface area contributed by atoms with E-state index in [-0.39, 0.29) is 0 Å². The van der Waals surface area contributed by atoms with Gasteiger partial charge in [-0.3, -0.25) is 0 Å². The fraction of sp³-hybridized carbons (Fsp3) is 1.00. The molecule has 0 spiro atoms. The maximum Gasteiger partial charge on any atom is 0.00793 e. The number of rotatable bonds is 2. The lowest BCUT2D eigenvalue weighted by molar-refractivity contribution is 0.193. The number of thioether (sulfide) groups is 1. The first-order valence-corrected chi connectivity index (χ1v) is 7.57. The molecule has 88 valence electrons. The van der Waals surface area contributed by atoms with E-state index in [1.807, 2.05) is 0 Å². The average molecular weight is 228 g/mol. The first-order valence-electron chi connectivity index (χ1n) is 6.42. The van der Waals surface area contributed by atoms with Gasteiger partial charge in [0.25, 0.3) is 0 Å². The molecule has 1 aliphatic carbocycles. The van der Waals surface area contributed by atoms with Crippen molar-refractivity contribution in [2.24, 2.45) is 11.7 Å². The number of hydrogen-bond donors (Lipinski definition) is 1. The van der Waals surface area contributed by atoms with Gasteiger partial charge in [0.2, 0.25) is 0 Å². The Morgan fingerprint density at radius 3 is 2.80 bits per heavy atom. The molecule has 15 heavy (non-hydrogen) atoms. The topological polar surface area (TPSA) is 29.3 Å². The predicted molar refractivity (Wildman–Crippen MR) is 68.3 cm³/mol. The molecule has 1 saturated carbocycles. The van der Waals surface area contributed by atoms with Gasteiger partial charge in [0.1, 0.15) is 0 Å². The van der Waals surface area contributed by atoms with E-state index in [0.717, 1.165) is 5.92 Å². The Morgan fingerprint density at radius 2 is 1.93 bits per heavy atom. The highest BCUT2D eigenvalue weighted by atomic mass is 32.2. The predicted octanol–water partition coefficient (Wildman–Crippen LogP) is 1.94. The molecule has 2 nitrogen and oxygen atoms in total. The van der Waals surface area contributed by atoms with Crippen molar-refractivity contribution >= 4 is 11.8 Å². The van der Waals surface area contributed by atoms with Crippen molar-refractivity contribution in [3.05, 3.63) is 0 Å². The normalized spacial score (nSPS) is 35.0. The summed E-state index contributed by atoms with van der Waals surface area (Å²) >= 11 is 2.11. The first kappa shape index (κ1) is 11.7. The fourth-order valence-electron chi connectivity index (χ4n) is 2.77. The second-order valence-corrected chi connectivity index (χ2v) is 6.20. The molecule has 2 rings (SSSR count). The van der Waals surface area contributed by atoms with E-state index < -0.39 is 0 Å².